The van der Waals surface area contributed by atoms with E-state index in [1.807, 2.05) is 13.8 Å². The van der Waals surface area contributed by atoms with Crippen LogP contribution in [0.5, 0.6) is 0 Å². The van der Waals surface area contributed by atoms with Crippen molar-refractivity contribution in [3.8, 4) is 0 Å². The summed E-state index contributed by atoms with van der Waals surface area (Å²) in [5, 5.41) is 96.1. The zero-order valence-corrected chi connectivity index (χ0v) is 72.9. The van der Waals surface area contributed by atoms with Crippen LogP contribution >= 0.6 is 0 Å². The number of hydrogen-bond donors (Lipinski definition) is 28. The lowest BCUT2D eigenvalue weighted by atomic mass is 10.0. The molecule has 0 bridgehead atoms. The number of carboxylic acids is 2. The highest BCUT2D eigenvalue weighted by molar-refractivity contribution is 6.02. The van der Waals surface area contributed by atoms with Gasteiger partial charge in [-0.05, 0) is 128 Å². The van der Waals surface area contributed by atoms with Crippen molar-refractivity contribution in [3.05, 3.63) is 35.9 Å². The van der Waals surface area contributed by atoms with Gasteiger partial charge in [0.15, 0.2) is 5.96 Å². The van der Waals surface area contributed by atoms with Crippen LogP contribution in [0.4, 0.5) is 0 Å². The molecule has 19 atom stereocenters. The Morgan fingerprint density at radius 1 is 0.331 bits per heavy atom. The number of rotatable bonds is 62. The molecule has 1 rings (SSSR count). The number of unbranched alkanes of at least 4 members (excludes halogenated alkanes) is 1. The molecular formula is C78H131N23O26. The number of nitrogens with zero attached hydrogens (tertiary/aromatic N) is 1. The number of aliphatic hydroxyl groups is 4. The van der Waals surface area contributed by atoms with Crippen LogP contribution in [0, 0.1) is 17.8 Å². The first kappa shape index (κ1) is 113. The number of carbonyl (C=O) groups excluding carboxylic acids is 18. The van der Waals surface area contributed by atoms with E-state index in [0.29, 0.717) is 18.4 Å². The molecule has 0 unspecified atom stereocenters. The third-order valence-corrected chi connectivity index (χ3v) is 19.2. The first-order chi connectivity index (χ1) is 59.2. The molecule has 0 aliphatic rings. The Balaban J connectivity index is 3.74. The number of carboxylic acid groups (broad SMARTS) is 2. The smallest absolute Gasteiger partial charge is 0.326 e. The lowest BCUT2D eigenvalue weighted by Gasteiger charge is -2.30. The predicted octanol–water partition coefficient (Wildman–Crippen LogP) is -10.6. The zero-order chi connectivity index (χ0) is 97.0. The van der Waals surface area contributed by atoms with Gasteiger partial charge in [-0.2, -0.15) is 0 Å². The molecule has 0 spiro atoms. The van der Waals surface area contributed by atoms with Crippen LogP contribution in [0.15, 0.2) is 35.3 Å². The van der Waals surface area contributed by atoms with Gasteiger partial charge in [-0.25, -0.2) is 4.79 Å². The maximum atomic E-state index is 14.5. The Bertz CT molecular complexity index is 3940. The number of guanidine groups is 1. The van der Waals surface area contributed by atoms with Gasteiger partial charge in [0.05, 0.1) is 36.9 Å². The Morgan fingerprint density at radius 3 is 0.961 bits per heavy atom. The maximum absolute atomic E-state index is 14.5. The Labute approximate surface area is 733 Å². The van der Waals surface area contributed by atoms with Crippen LogP contribution in [-0.4, -0.2) is 283 Å². The van der Waals surface area contributed by atoms with Gasteiger partial charge in [0.2, 0.25) is 106 Å². The molecule has 0 saturated heterocycles. The van der Waals surface area contributed by atoms with E-state index in [1.54, 1.807) is 44.2 Å². The molecule has 49 heteroatoms. The number of aliphatic hydroxyl groups excluding tert-OH is 4. The molecule has 1 aromatic rings. The van der Waals surface area contributed by atoms with E-state index < -0.39 is 315 Å². The van der Waals surface area contributed by atoms with Gasteiger partial charge >= 0.3 is 11.9 Å². The Hall–Kier alpha value is -12.3. The summed E-state index contributed by atoms with van der Waals surface area (Å²) >= 11 is 0. The number of primary amides is 4. The highest BCUT2D eigenvalue weighted by atomic mass is 16.4. The summed E-state index contributed by atoms with van der Waals surface area (Å²) in [6, 6.07) is -18.7. The number of aliphatic carboxylic acids is 2. The molecular weight excluding hydrogens is 1670 g/mol. The molecule has 49 nitrogen and oxygen atoms in total. The molecule has 0 radical (unpaired) electrons. The van der Waals surface area contributed by atoms with Crippen LogP contribution in [0.1, 0.15) is 178 Å². The third-order valence-electron chi connectivity index (χ3n) is 19.2. The molecule has 0 aromatic heterocycles. The average Bonchev–Trinajstić information content (AvgIpc) is 0.850. The molecule has 0 heterocycles. The summed E-state index contributed by atoms with van der Waals surface area (Å²) in [7, 11) is 0. The van der Waals surface area contributed by atoms with E-state index in [-0.39, 0.29) is 51.1 Å². The normalized spacial score (nSPS) is 15.7. The number of carbonyl (C=O) groups is 20. The van der Waals surface area contributed by atoms with Gasteiger partial charge < -0.3 is 151 Å². The average molecular weight is 1810 g/mol. The summed E-state index contributed by atoms with van der Waals surface area (Å²) in [5.74, 6) is -26.0. The van der Waals surface area contributed by atoms with Crippen molar-refractivity contribution in [3.63, 3.8) is 0 Å². The quantitative estimate of drug-likeness (QED) is 0.0164. The largest absolute Gasteiger partial charge is 0.481 e. The molecule has 36 N–H and O–H groups in total. The number of amides is 18. The molecule has 0 fully saturated rings. The molecule has 0 saturated carbocycles. The monoisotopic (exact) mass is 1810 g/mol. The van der Waals surface area contributed by atoms with E-state index in [4.69, 9.17) is 45.9 Å². The number of aliphatic imine (C=N–C) groups is 1. The van der Waals surface area contributed by atoms with Crippen molar-refractivity contribution in [1.82, 2.24) is 74.4 Å². The summed E-state index contributed by atoms with van der Waals surface area (Å²) in [4.78, 5) is 274. The minimum atomic E-state index is -2.17. The lowest BCUT2D eigenvalue weighted by molar-refractivity contribution is -0.142. The van der Waals surface area contributed by atoms with E-state index in [0.717, 1.165) is 27.7 Å². The van der Waals surface area contributed by atoms with E-state index >= 15 is 0 Å². The number of benzene rings is 1. The topological polar surface area (TPSA) is 852 Å². The zero-order valence-electron chi connectivity index (χ0n) is 72.9. The van der Waals surface area contributed by atoms with Crippen LogP contribution in [0.25, 0.3) is 0 Å². The Morgan fingerprint density at radius 2 is 0.630 bits per heavy atom. The van der Waals surface area contributed by atoms with E-state index in [2.05, 4.69) is 79.4 Å². The van der Waals surface area contributed by atoms with Crippen molar-refractivity contribution in [2.24, 2.45) is 68.6 Å². The molecule has 0 aliphatic carbocycles. The Kier molecular flexibility index (Phi) is 50.8. The highest BCUT2D eigenvalue weighted by Gasteiger charge is 2.42. The van der Waals surface area contributed by atoms with Gasteiger partial charge in [0, 0.05) is 38.6 Å². The first-order valence-corrected chi connectivity index (χ1v) is 41.3. The highest BCUT2D eigenvalue weighted by Crippen LogP contribution is 2.16. The van der Waals surface area contributed by atoms with Crippen molar-refractivity contribution in [1.29, 1.82) is 0 Å². The second-order valence-corrected chi connectivity index (χ2v) is 31.9. The fraction of sp³-hybridized carbons (Fsp3) is 0.654. The number of nitrogens with two attached hydrogens (primary N) is 8. The van der Waals surface area contributed by atoms with Gasteiger partial charge in [-0.15, -0.1) is 0 Å². The van der Waals surface area contributed by atoms with Crippen LogP contribution in [0.3, 0.4) is 0 Å². The molecule has 1 aromatic carbocycles. The van der Waals surface area contributed by atoms with E-state index in [9.17, 15) is 127 Å². The molecule has 127 heavy (non-hydrogen) atoms. The number of nitrogens with one attached hydrogen (secondary N) is 14. The molecule has 18 amide bonds. The van der Waals surface area contributed by atoms with Crippen LogP contribution < -0.4 is 120 Å². The summed E-state index contributed by atoms with van der Waals surface area (Å²) in [6.07, 6.45) is -14.0. The van der Waals surface area contributed by atoms with Crippen molar-refractivity contribution >= 4 is 124 Å². The van der Waals surface area contributed by atoms with Crippen LogP contribution in [0.2, 0.25) is 0 Å². The predicted molar refractivity (Wildman–Crippen MR) is 452 cm³/mol. The third kappa shape index (κ3) is 43.9. The minimum Gasteiger partial charge on any atom is -0.481 e. The van der Waals surface area contributed by atoms with Gasteiger partial charge in [0.1, 0.15) is 84.6 Å². The van der Waals surface area contributed by atoms with Crippen molar-refractivity contribution < 1.29 is 127 Å². The second-order valence-electron chi connectivity index (χ2n) is 31.9. The minimum absolute atomic E-state index is 0.00784. The molecule has 0 aliphatic heterocycles. The van der Waals surface area contributed by atoms with Crippen molar-refractivity contribution in [2.45, 2.75) is 293 Å². The lowest BCUT2D eigenvalue weighted by Crippen LogP contribution is -2.63. The van der Waals surface area contributed by atoms with Gasteiger partial charge in [-0.3, -0.25) is 96.1 Å². The van der Waals surface area contributed by atoms with Crippen LogP contribution in [-0.2, 0) is 102 Å². The number of hydrogen-bond acceptors (Lipinski definition) is 27. The van der Waals surface area contributed by atoms with E-state index in [1.165, 1.54) is 13.8 Å². The van der Waals surface area contributed by atoms with Crippen molar-refractivity contribution in [2.75, 3.05) is 13.1 Å². The fourth-order valence-electron chi connectivity index (χ4n) is 12.3. The SMILES string of the molecule is CC(C)C[C@H](NC(=O)[C@@H](NC(=O)[C@H](CCCN=C(N)N)NC(=O)[C@@H](NC(=O)[C@H](CCC(=O)O)NC(=O)[C@H](CCC(N)=O)NC(=O)[C@@H](NC(=O)[C@H](CCC(N)=O)NC(=O)[C@@H](NC(=O)[C@H](CC(N)=O)NC(=O)[C@H](CCCCN)NC(=O)[C@@H](N)CC(C)C)C(C)C)[C@@H](C)O)[C@@H](C)O)[C@@H](C)O)C(=O)N[C@H](C(=O)N[C@@H](CCC(N)=O)C(=O)N[C@@H](Cc1ccccc1)C(=O)O)[C@@H](C)O. The molecule has 714 valence electrons. The standard InChI is InChI=1S/C78H131N23O26/c1-35(2)31-43(80)63(112)88-44(19-14-15-29-79)64(113)94-51(34-56(84)109)71(120)97-58(37(5)6)72(121)91-48(23-27-55(83)108)68(117)99-60(39(8)103)74(123)92-46(21-25-53(81)106)65(114)89-49(24-28-57(110)111)69(118)100-59(38(7)102)73(122)90-45(20-16-30-87-78(85)86)67(116)98-62(41(10)105)76(125)95-50(32-36(3)4)70(119)101-61(40(9)104)75(124)93-47(22-26-54(82)107)66(115)96-52(77(126)127)33-42-17-12-11-13-18-42/h11-13,17-18,35-41,43-52,58-62,102-105H,14-16,19-34,79-80H2,1-10H3,(H2,81,106)(H2,82,107)(H2,83,108)(H2,84,109)(H,88,112)(H,89,114)(H,90,122)(H,91,121)(H,92,123)(H,93,124)(H,94,113)(H,95,125)(H,96,115)(H,97,120)(H,98,116)(H,99,117)(H,100,118)(H,101,119)(H,110,111)(H,126,127)(H4,85,86,87)/t38-,39-,40-,41-,43+,44+,45+,46+,47+,48+,49+,50+,51+,52+,58+,59+,60+,61+,62+/m1/s1. The van der Waals surface area contributed by atoms with Gasteiger partial charge in [-0.1, -0.05) is 71.9 Å². The fourth-order valence-corrected chi connectivity index (χ4v) is 12.3. The summed E-state index contributed by atoms with van der Waals surface area (Å²) in [5.41, 5.74) is 44.9. The summed E-state index contributed by atoms with van der Waals surface area (Å²) < 4.78 is 0. The second kappa shape index (κ2) is 57.3. The maximum Gasteiger partial charge on any atom is 0.326 e. The summed E-state index contributed by atoms with van der Waals surface area (Å²) in [6.45, 7) is 13.7. The first-order valence-electron chi connectivity index (χ1n) is 41.3. The van der Waals surface area contributed by atoms with Gasteiger partial charge in [0.25, 0.3) is 0 Å².